The van der Waals surface area contributed by atoms with Gasteiger partial charge in [0, 0.05) is 18.0 Å². The number of aromatic hydroxyl groups is 1. The fraction of sp³-hybridized carbons (Fsp3) is 0.222. The van der Waals surface area contributed by atoms with E-state index in [2.05, 4.69) is 20.0 Å². The number of anilines is 1. The fourth-order valence-electron chi connectivity index (χ4n) is 2.48. The average Bonchev–Trinajstić information content (AvgIpc) is 2.59. The molecule has 0 aliphatic heterocycles. The van der Waals surface area contributed by atoms with Crippen LogP contribution in [0.3, 0.4) is 0 Å². The van der Waals surface area contributed by atoms with Crippen molar-refractivity contribution >= 4 is 16.7 Å². The van der Waals surface area contributed by atoms with Gasteiger partial charge in [-0.25, -0.2) is 9.97 Å². The zero-order chi connectivity index (χ0) is 19.6. The summed E-state index contributed by atoms with van der Waals surface area (Å²) >= 11 is 0. The first-order chi connectivity index (χ1) is 12.7. The number of alkyl halides is 3. The summed E-state index contributed by atoms with van der Waals surface area (Å²) in [6.07, 6.45) is -4.84. The number of hydrogen-bond donors (Lipinski definition) is 3. The van der Waals surface area contributed by atoms with E-state index in [4.69, 9.17) is 5.73 Å². The molecule has 2 aromatic carbocycles. The molecule has 0 bridgehead atoms. The van der Waals surface area contributed by atoms with E-state index in [0.717, 1.165) is 23.6 Å². The maximum absolute atomic E-state index is 12.5. The number of fused-ring (bicyclic) bond motifs is 1. The van der Waals surface area contributed by atoms with E-state index in [1.54, 1.807) is 12.1 Å². The summed E-state index contributed by atoms with van der Waals surface area (Å²) in [5, 5.41) is 13.9. The summed E-state index contributed by atoms with van der Waals surface area (Å²) in [6.45, 7) is 2.25. The van der Waals surface area contributed by atoms with E-state index in [9.17, 15) is 18.3 Å². The van der Waals surface area contributed by atoms with Gasteiger partial charge in [-0.1, -0.05) is 12.1 Å². The monoisotopic (exact) mass is 378 g/mol. The highest BCUT2D eigenvalue weighted by Gasteiger charge is 2.31. The molecular formula is C18H17F3N4O2. The molecule has 0 saturated carbocycles. The highest BCUT2D eigenvalue weighted by molar-refractivity contribution is 5.91. The number of rotatable bonds is 5. The molecule has 0 unspecified atom stereocenters. The van der Waals surface area contributed by atoms with Crippen molar-refractivity contribution in [3.8, 4) is 22.9 Å². The van der Waals surface area contributed by atoms with Crippen LogP contribution in [0.2, 0.25) is 0 Å². The first kappa shape index (κ1) is 18.7. The smallest absolute Gasteiger partial charge is 0.507 e. The van der Waals surface area contributed by atoms with E-state index in [1.807, 2.05) is 19.1 Å². The topological polar surface area (TPSA) is 93.3 Å². The summed E-state index contributed by atoms with van der Waals surface area (Å²) < 4.78 is 41.4. The molecule has 27 heavy (non-hydrogen) atoms. The lowest BCUT2D eigenvalue weighted by molar-refractivity contribution is -0.274. The summed E-state index contributed by atoms with van der Waals surface area (Å²) in [7, 11) is 0. The van der Waals surface area contributed by atoms with Gasteiger partial charge in [0.05, 0.1) is 11.1 Å². The Balaban J connectivity index is 2.09. The van der Waals surface area contributed by atoms with Gasteiger partial charge in [0.2, 0.25) is 0 Å². The molecule has 142 valence electrons. The van der Waals surface area contributed by atoms with Gasteiger partial charge >= 0.3 is 6.36 Å². The lowest BCUT2D eigenvalue weighted by Gasteiger charge is -2.14. The van der Waals surface area contributed by atoms with Crippen LogP contribution >= 0.6 is 0 Å². The van der Waals surface area contributed by atoms with Crippen LogP contribution in [0.5, 0.6) is 11.5 Å². The number of nitrogens with one attached hydrogen (secondary N) is 1. The molecule has 4 N–H and O–H groups in total. The Morgan fingerprint density at radius 3 is 2.63 bits per heavy atom. The maximum atomic E-state index is 12.5. The van der Waals surface area contributed by atoms with E-state index < -0.39 is 12.1 Å². The van der Waals surface area contributed by atoms with E-state index in [-0.39, 0.29) is 23.2 Å². The van der Waals surface area contributed by atoms with Crippen molar-refractivity contribution < 1.29 is 23.0 Å². The molecule has 0 saturated heterocycles. The Kier molecular flexibility index (Phi) is 5.04. The minimum Gasteiger partial charge on any atom is -0.507 e. The summed E-state index contributed by atoms with van der Waals surface area (Å²) in [6, 6.07) is 10.2. The summed E-state index contributed by atoms with van der Waals surface area (Å²) in [5.41, 5.74) is 6.35. The van der Waals surface area contributed by atoms with E-state index in [0.29, 0.717) is 17.9 Å². The van der Waals surface area contributed by atoms with E-state index in [1.165, 1.54) is 0 Å². The van der Waals surface area contributed by atoms with Gasteiger partial charge in [-0.05, 0) is 37.3 Å². The number of aromatic nitrogens is 2. The molecule has 0 fully saturated rings. The maximum Gasteiger partial charge on any atom is 0.573 e. The molecule has 1 heterocycles. The normalized spacial score (nSPS) is 12.8. The van der Waals surface area contributed by atoms with Gasteiger partial charge < -0.3 is 20.9 Å². The molecule has 0 amide bonds. The van der Waals surface area contributed by atoms with Crippen molar-refractivity contribution in [2.45, 2.75) is 19.3 Å². The van der Waals surface area contributed by atoms with Gasteiger partial charge in [0.15, 0.2) is 5.82 Å². The number of nitrogens with zero attached hydrogens (tertiary/aromatic N) is 2. The number of nitrogens with two attached hydrogens (primary N) is 1. The van der Waals surface area contributed by atoms with Gasteiger partial charge in [-0.3, -0.25) is 0 Å². The molecule has 0 radical (unpaired) electrons. The SMILES string of the molecule is C[C@@H](N)CNc1nc(-c2cc(OC(F)(F)F)ccc2O)nc2ccccc12. The first-order valence-corrected chi connectivity index (χ1v) is 8.08. The Bertz CT molecular complexity index is 961. The van der Waals surface area contributed by atoms with Crippen molar-refractivity contribution in [3.05, 3.63) is 42.5 Å². The number of halogens is 3. The van der Waals surface area contributed by atoms with E-state index >= 15 is 0 Å². The van der Waals surface area contributed by atoms with Crippen LogP contribution in [-0.2, 0) is 0 Å². The molecule has 0 spiro atoms. The lowest BCUT2D eigenvalue weighted by Crippen LogP contribution is -2.25. The Labute approximate surface area is 152 Å². The van der Waals surface area contributed by atoms with Crippen molar-refractivity contribution in [1.29, 1.82) is 0 Å². The van der Waals surface area contributed by atoms with Gasteiger partial charge in [-0.15, -0.1) is 13.2 Å². The second kappa shape index (κ2) is 7.28. The minimum atomic E-state index is -4.84. The third-order valence-electron chi connectivity index (χ3n) is 3.64. The number of para-hydroxylation sites is 1. The largest absolute Gasteiger partial charge is 0.573 e. The number of ether oxygens (including phenoxy) is 1. The minimum absolute atomic E-state index is 0.0198. The third kappa shape index (κ3) is 4.56. The molecule has 0 aliphatic rings. The number of phenols is 1. The first-order valence-electron chi connectivity index (χ1n) is 8.08. The summed E-state index contributed by atoms with van der Waals surface area (Å²) in [4.78, 5) is 8.72. The number of benzene rings is 2. The zero-order valence-corrected chi connectivity index (χ0v) is 14.3. The Morgan fingerprint density at radius 2 is 1.93 bits per heavy atom. The van der Waals surface area contributed by atoms with Crippen molar-refractivity contribution in [2.24, 2.45) is 5.73 Å². The van der Waals surface area contributed by atoms with Crippen molar-refractivity contribution in [1.82, 2.24) is 9.97 Å². The second-order valence-corrected chi connectivity index (χ2v) is 6.00. The van der Waals surface area contributed by atoms with Crippen LogP contribution in [0.1, 0.15) is 6.92 Å². The Hall–Kier alpha value is -3.07. The van der Waals surface area contributed by atoms with Crippen LogP contribution in [0.25, 0.3) is 22.3 Å². The molecule has 0 aliphatic carbocycles. The predicted molar refractivity (Wildman–Crippen MR) is 95.5 cm³/mol. The highest BCUT2D eigenvalue weighted by atomic mass is 19.4. The van der Waals surface area contributed by atoms with Crippen molar-refractivity contribution in [3.63, 3.8) is 0 Å². The average molecular weight is 378 g/mol. The molecular weight excluding hydrogens is 361 g/mol. The number of phenolic OH excluding ortho intramolecular Hbond substituents is 1. The van der Waals surface area contributed by atoms with Crippen LogP contribution in [0.4, 0.5) is 19.0 Å². The lowest BCUT2D eigenvalue weighted by atomic mass is 10.1. The third-order valence-corrected chi connectivity index (χ3v) is 3.64. The van der Waals surface area contributed by atoms with Crippen LogP contribution < -0.4 is 15.8 Å². The fourth-order valence-corrected chi connectivity index (χ4v) is 2.48. The van der Waals surface area contributed by atoms with Crippen LogP contribution in [0.15, 0.2) is 42.5 Å². The molecule has 1 atom stereocenters. The van der Waals surface area contributed by atoms with Gasteiger partial charge in [0.25, 0.3) is 0 Å². The van der Waals surface area contributed by atoms with Crippen LogP contribution in [-0.4, -0.2) is 34.0 Å². The molecule has 9 heteroatoms. The van der Waals surface area contributed by atoms with Crippen LogP contribution in [0, 0.1) is 0 Å². The zero-order valence-electron chi connectivity index (χ0n) is 14.3. The molecule has 3 aromatic rings. The van der Waals surface area contributed by atoms with Gasteiger partial charge in [-0.2, -0.15) is 0 Å². The van der Waals surface area contributed by atoms with Crippen molar-refractivity contribution in [2.75, 3.05) is 11.9 Å². The molecule has 3 rings (SSSR count). The highest BCUT2D eigenvalue weighted by Crippen LogP contribution is 2.34. The Morgan fingerprint density at radius 1 is 1.19 bits per heavy atom. The molecule has 6 nitrogen and oxygen atoms in total. The second-order valence-electron chi connectivity index (χ2n) is 6.00. The molecule has 1 aromatic heterocycles. The standard InChI is InChI=1S/C18H17F3N4O2/c1-10(22)9-23-16-12-4-2-3-5-14(12)24-17(25-16)13-8-11(6-7-15(13)26)27-18(19,20)21/h2-8,10,26H,9,22H2,1H3,(H,23,24,25)/t10-/m1/s1. The summed E-state index contributed by atoms with van der Waals surface area (Å²) in [5.74, 6) is -0.212. The predicted octanol–water partition coefficient (Wildman–Crippen LogP) is 3.66. The quantitative estimate of drug-likeness (QED) is 0.627. The van der Waals surface area contributed by atoms with Gasteiger partial charge in [0.1, 0.15) is 17.3 Å². The number of hydrogen-bond acceptors (Lipinski definition) is 6.